The summed E-state index contributed by atoms with van der Waals surface area (Å²) in [5.74, 6) is -0.232. The van der Waals surface area contributed by atoms with Gasteiger partial charge in [0.15, 0.2) is 0 Å². The number of aromatic nitrogens is 1. The fraction of sp³-hybridized carbons (Fsp3) is 0.143. The molecule has 1 rings (SSSR count). The molecule has 0 aliphatic rings. The van der Waals surface area contributed by atoms with E-state index in [1.165, 1.54) is 6.20 Å². The molecule has 0 saturated carbocycles. The molecule has 12 heavy (non-hydrogen) atoms. The van der Waals surface area contributed by atoms with Crippen molar-refractivity contribution in [3.63, 3.8) is 0 Å². The van der Waals surface area contributed by atoms with Crippen LogP contribution in [0.5, 0.6) is 0 Å². The van der Waals surface area contributed by atoms with Crippen molar-refractivity contribution in [1.29, 1.82) is 0 Å². The minimum absolute atomic E-state index is 0.232. The molecule has 5 heteroatoms. The fourth-order valence-corrected chi connectivity index (χ4v) is 0.925. The second kappa shape index (κ2) is 4.08. The van der Waals surface area contributed by atoms with E-state index in [1.807, 2.05) is 0 Å². The first-order valence-electron chi connectivity index (χ1n) is 3.27. The lowest BCUT2D eigenvalue weighted by Crippen LogP contribution is -2.18. The van der Waals surface area contributed by atoms with Crippen LogP contribution in [0.25, 0.3) is 0 Å². The number of hydrogen-bond acceptors (Lipinski definition) is 4. The van der Waals surface area contributed by atoms with Crippen LogP contribution in [0.4, 0.5) is 0 Å². The molecule has 0 saturated heterocycles. The monoisotopic (exact) mass is 184 g/mol. The minimum atomic E-state index is -0.232. The average molecular weight is 184 g/mol. The van der Waals surface area contributed by atoms with Crippen LogP contribution < -0.4 is 5.32 Å². The third-order valence-corrected chi connectivity index (χ3v) is 1.75. The summed E-state index contributed by atoms with van der Waals surface area (Å²) in [6, 6.07) is 3.18. The van der Waals surface area contributed by atoms with Crippen LogP contribution in [0.2, 0.25) is 0 Å². The van der Waals surface area contributed by atoms with Gasteiger partial charge in [0.2, 0.25) is 0 Å². The highest BCUT2D eigenvalue weighted by molar-refractivity contribution is 7.93. The van der Waals surface area contributed by atoms with E-state index in [4.69, 9.17) is 4.55 Å². The largest absolute Gasteiger partial charge is 0.354 e. The lowest BCUT2D eigenvalue weighted by molar-refractivity contribution is 0.0958. The van der Waals surface area contributed by atoms with E-state index < -0.39 is 0 Å². The van der Waals surface area contributed by atoms with E-state index in [0.29, 0.717) is 22.6 Å². The molecule has 0 radical (unpaired) electrons. The zero-order valence-corrected chi connectivity index (χ0v) is 7.26. The molecule has 0 atom stereocenters. The molecule has 1 amide bonds. The van der Waals surface area contributed by atoms with Crippen LogP contribution in [0.15, 0.2) is 23.2 Å². The number of nitrogens with one attached hydrogen (secondary N) is 1. The Morgan fingerprint density at radius 3 is 2.83 bits per heavy atom. The molecule has 64 valence electrons. The van der Waals surface area contributed by atoms with E-state index in [-0.39, 0.29) is 5.91 Å². The Bertz CT molecular complexity index is 273. The van der Waals surface area contributed by atoms with Crippen molar-refractivity contribution >= 4 is 17.9 Å². The molecular weight excluding hydrogens is 176 g/mol. The zero-order chi connectivity index (χ0) is 8.97. The molecule has 0 fully saturated rings. The van der Waals surface area contributed by atoms with E-state index in [2.05, 4.69) is 10.3 Å². The fourth-order valence-electron chi connectivity index (χ4n) is 0.697. The van der Waals surface area contributed by atoms with Crippen LogP contribution in [-0.4, -0.2) is 22.5 Å². The van der Waals surface area contributed by atoms with Gasteiger partial charge in [-0.2, -0.15) is 0 Å². The number of rotatable bonds is 2. The Morgan fingerprint density at radius 2 is 2.42 bits per heavy atom. The molecule has 0 unspecified atom stereocenters. The minimum Gasteiger partial charge on any atom is -0.354 e. The van der Waals surface area contributed by atoms with Crippen molar-refractivity contribution in [3.05, 3.63) is 24.0 Å². The third-order valence-electron chi connectivity index (χ3n) is 1.30. The smallest absolute Gasteiger partial charge is 0.269 e. The van der Waals surface area contributed by atoms with Gasteiger partial charge in [-0.3, -0.25) is 4.79 Å². The molecule has 0 aromatic carbocycles. The second-order valence-corrected chi connectivity index (χ2v) is 2.70. The summed E-state index contributed by atoms with van der Waals surface area (Å²) in [6.45, 7) is 0. The van der Waals surface area contributed by atoms with E-state index in [1.54, 1.807) is 19.2 Å². The first-order chi connectivity index (χ1) is 5.77. The van der Waals surface area contributed by atoms with Crippen LogP contribution in [0.3, 0.4) is 0 Å². The Labute approximate surface area is 74.2 Å². The number of amides is 1. The highest BCUT2D eigenvalue weighted by Crippen LogP contribution is 2.11. The predicted octanol–water partition coefficient (Wildman–Crippen LogP) is 1.01. The summed E-state index contributed by atoms with van der Waals surface area (Å²) in [7, 11) is 1.54. The molecule has 4 nitrogen and oxygen atoms in total. The maximum atomic E-state index is 11.0. The number of carbonyl (C=O) groups excluding carboxylic acids is 1. The topological polar surface area (TPSA) is 62.2 Å². The quantitative estimate of drug-likeness (QED) is 0.673. The first-order valence-corrected chi connectivity index (χ1v) is 4.05. The van der Waals surface area contributed by atoms with Gasteiger partial charge in [0.1, 0.15) is 5.69 Å². The van der Waals surface area contributed by atoms with E-state index in [9.17, 15) is 4.79 Å². The molecule has 1 aromatic rings. The molecule has 0 aliphatic heterocycles. The van der Waals surface area contributed by atoms with E-state index in [0.717, 1.165) is 0 Å². The van der Waals surface area contributed by atoms with Crippen molar-refractivity contribution in [2.75, 3.05) is 7.05 Å². The summed E-state index contributed by atoms with van der Waals surface area (Å²) < 4.78 is 8.60. The zero-order valence-electron chi connectivity index (χ0n) is 6.44. The molecule has 1 aromatic heterocycles. The van der Waals surface area contributed by atoms with Crippen molar-refractivity contribution in [3.8, 4) is 0 Å². The van der Waals surface area contributed by atoms with Crippen LogP contribution in [0, 0.1) is 0 Å². The predicted molar refractivity (Wildman–Crippen MR) is 46.1 cm³/mol. The highest BCUT2D eigenvalue weighted by Gasteiger charge is 2.03. The molecule has 1 heterocycles. The van der Waals surface area contributed by atoms with Gasteiger partial charge in [0.05, 0.1) is 4.90 Å². The van der Waals surface area contributed by atoms with Crippen molar-refractivity contribution in [1.82, 2.24) is 10.3 Å². The van der Waals surface area contributed by atoms with Gasteiger partial charge >= 0.3 is 0 Å². The molecular formula is C7H8N2O2S. The van der Waals surface area contributed by atoms with E-state index >= 15 is 0 Å². The van der Waals surface area contributed by atoms with Crippen LogP contribution >= 0.6 is 12.0 Å². The molecule has 0 aliphatic carbocycles. The Kier molecular flexibility index (Phi) is 3.07. The van der Waals surface area contributed by atoms with Gasteiger partial charge in [0, 0.05) is 25.3 Å². The summed E-state index contributed by atoms with van der Waals surface area (Å²) in [4.78, 5) is 15.4. The number of hydrogen-bond donors (Lipinski definition) is 2. The van der Waals surface area contributed by atoms with Gasteiger partial charge in [-0.05, 0) is 12.1 Å². The lowest BCUT2D eigenvalue weighted by atomic mass is 10.3. The van der Waals surface area contributed by atoms with Crippen LogP contribution in [0.1, 0.15) is 10.5 Å². The van der Waals surface area contributed by atoms with Gasteiger partial charge < -0.3 is 9.87 Å². The summed E-state index contributed by atoms with van der Waals surface area (Å²) in [5.41, 5.74) is 0.343. The lowest BCUT2D eigenvalue weighted by Gasteiger charge is -1.98. The molecule has 2 N–H and O–H groups in total. The average Bonchev–Trinajstić information content (AvgIpc) is 2.17. The first kappa shape index (κ1) is 9.02. The Morgan fingerprint density at radius 1 is 1.67 bits per heavy atom. The summed E-state index contributed by atoms with van der Waals surface area (Å²) in [5, 5.41) is 2.45. The molecule has 0 spiro atoms. The van der Waals surface area contributed by atoms with Crippen molar-refractivity contribution in [2.45, 2.75) is 4.90 Å². The summed E-state index contributed by atoms with van der Waals surface area (Å²) >= 11 is 0.603. The normalized spacial score (nSPS) is 9.50. The van der Waals surface area contributed by atoms with Crippen molar-refractivity contribution < 1.29 is 9.35 Å². The number of pyridine rings is 1. The maximum absolute atomic E-state index is 11.0. The third kappa shape index (κ3) is 1.96. The van der Waals surface area contributed by atoms with Gasteiger partial charge in [-0.25, -0.2) is 4.98 Å². The Balaban J connectivity index is 2.84. The number of carbonyl (C=O) groups is 1. The van der Waals surface area contributed by atoms with Crippen molar-refractivity contribution in [2.24, 2.45) is 0 Å². The SMILES string of the molecule is CNC(=O)c1ccc(SO)cn1. The highest BCUT2D eigenvalue weighted by atomic mass is 32.2. The van der Waals surface area contributed by atoms with Gasteiger partial charge in [-0.1, -0.05) is 0 Å². The number of nitrogens with zero attached hydrogens (tertiary/aromatic N) is 1. The Hall–Kier alpha value is -1.07. The van der Waals surface area contributed by atoms with Gasteiger partial charge in [0.25, 0.3) is 5.91 Å². The van der Waals surface area contributed by atoms with Gasteiger partial charge in [-0.15, -0.1) is 0 Å². The maximum Gasteiger partial charge on any atom is 0.269 e. The summed E-state index contributed by atoms with van der Waals surface area (Å²) in [6.07, 6.45) is 1.44. The second-order valence-electron chi connectivity index (χ2n) is 2.05. The molecule has 0 bridgehead atoms. The standard InChI is InChI=1S/C7H8N2O2S/c1-8-7(10)6-3-2-5(12-11)4-9-6/h2-4,11H,1H3,(H,8,10). The van der Waals surface area contributed by atoms with Crippen LogP contribution in [-0.2, 0) is 0 Å².